The summed E-state index contributed by atoms with van der Waals surface area (Å²) >= 11 is 0. The minimum absolute atomic E-state index is 0.00737. The Balaban J connectivity index is 3.24. The molecule has 1 aromatic rings. The Kier molecular flexibility index (Phi) is 10.5. The first-order valence-electron chi connectivity index (χ1n) is 12.3. The van der Waals surface area contributed by atoms with Crippen molar-refractivity contribution in [2.45, 2.75) is 87.1 Å². The Bertz CT molecular complexity index is 995. The summed E-state index contributed by atoms with van der Waals surface area (Å²) in [6.07, 6.45) is 0.220. The number of nitrogens with two attached hydrogens (primary N) is 1. The summed E-state index contributed by atoms with van der Waals surface area (Å²) in [4.78, 5) is 49.8. The monoisotopic (exact) mass is 521 g/mol. The fraction of sp³-hybridized carbons (Fsp3) is 0.643. The first-order chi connectivity index (χ1) is 16.7. The van der Waals surface area contributed by atoms with Gasteiger partial charge in [-0.25, -0.2) is 0 Å². The van der Waals surface area contributed by atoms with E-state index < -0.39 is 34.3 Å². The molecule has 1 aromatic carbocycles. The summed E-state index contributed by atoms with van der Waals surface area (Å²) in [5.74, 6) is -2.02. The van der Waals surface area contributed by atoms with Crippen molar-refractivity contribution in [3.63, 3.8) is 0 Å². The van der Waals surface area contributed by atoms with E-state index in [1.165, 1.54) is 19.2 Å². The average molecular weight is 522 g/mol. The van der Waals surface area contributed by atoms with Crippen molar-refractivity contribution in [2.24, 2.45) is 22.0 Å². The van der Waals surface area contributed by atoms with E-state index in [-0.39, 0.29) is 48.8 Å². The molecule has 0 spiro atoms. The number of benzene rings is 1. The summed E-state index contributed by atoms with van der Waals surface area (Å²) in [6.45, 7) is 15.9. The molecule has 0 aromatic heterocycles. The molecule has 0 saturated carbocycles. The van der Waals surface area contributed by atoms with E-state index in [0.29, 0.717) is 5.56 Å². The topological polar surface area (TPSA) is 131 Å². The van der Waals surface area contributed by atoms with Crippen LogP contribution in [0.4, 0.5) is 0 Å². The number of rotatable bonds is 9. The number of hydrogen-bond acceptors (Lipinski definition) is 9. The minimum Gasteiger partial charge on any atom is -0.468 e. The normalized spacial score (nSPS) is 13.8. The van der Waals surface area contributed by atoms with Crippen molar-refractivity contribution in [1.29, 1.82) is 0 Å². The largest absolute Gasteiger partial charge is 0.468 e. The molecule has 0 unspecified atom stereocenters. The predicted molar refractivity (Wildman–Crippen MR) is 139 cm³/mol. The lowest BCUT2D eigenvalue weighted by Gasteiger charge is -2.27. The highest BCUT2D eigenvalue weighted by Gasteiger charge is 2.36. The van der Waals surface area contributed by atoms with Crippen LogP contribution in [0, 0.1) is 16.2 Å². The van der Waals surface area contributed by atoms with Gasteiger partial charge in [0, 0.05) is 12.8 Å². The molecule has 0 fully saturated rings. The Morgan fingerprint density at radius 3 is 1.76 bits per heavy atom. The molecule has 0 aliphatic rings. The van der Waals surface area contributed by atoms with Crippen molar-refractivity contribution in [1.82, 2.24) is 0 Å². The van der Waals surface area contributed by atoms with Gasteiger partial charge in [-0.2, -0.15) is 0 Å². The molecule has 1 atom stereocenters. The van der Waals surface area contributed by atoms with Crippen LogP contribution in [0.1, 0.15) is 80.7 Å². The van der Waals surface area contributed by atoms with Crippen LogP contribution in [0.5, 0.6) is 11.5 Å². The summed E-state index contributed by atoms with van der Waals surface area (Å²) in [7, 11) is 1.22. The molecule has 0 bridgehead atoms. The predicted octanol–water partition coefficient (Wildman–Crippen LogP) is 4.37. The molecule has 208 valence electrons. The number of methoxy groups -OCH3 is 1. The molecule has 9 heteroatoms. The maximum absolute atomic E-state index is 12.6. The zero-order valence-electron chi connectivity index (χ0n) is 23.9. The fourth-order valence-corrected chi connectivity index (χ4v) is 2.99. The fourth-order valence-electron chi connectivity index (χ4n) is 2.99. The Morgan fingerprint density at radius 2 is 1.30 bits per heavy atom. The van der Waals surface area contributed by atoms with E-state index in [4.69, 9.17) is 24.7 Å². The van der Waals surface area contributed by atoms with Gasteiger partial charge in [0.15, 0.2) is 11.5 Å². The second kappa shape index (κ2) is 12.1. The average Bonchev–Trinajstić information content (AvgIpc) is 2.72. The van der Waals surface area contributed by atoms with Gasteiger partial charge >= 0.3 is 23.9 Å². The van der Waals surface area contributed by atoms with Crippen molar-refractivity contribution < 1.29 is 38.1 Å². The first kappa shape index (κ1) is 32.1. The lowest BCUT2D eigenvalue weighted by molar-refractivity contribution is -0.152. The van der Waals surface area contributed by atoms with Gasteiger partial charge in [-0.05, 0) is 64.7 Å². The first-order valence-corrected chi connectivity index (χ1v) is 12.3. The number of hydrogen-bond donors (Lipinski definition) is 1. The second-order valence-electron chi connectivity index (χ2n) is 12.6. The van der Waals surface area contributed by atoms with Crippen LogP contribution in [0.25, 0.3) is 0 Å². The SMILES string of the molecule is COC(=O)[C@@](N)(CCOC(=O)CC(C)(C)C)Cc1ccc(OC(=O)C(C)(C)C)c(OC(=O)C(C)(C)C)c1. The maximum Gasteiger partial charge on any atom is 0.326 e. The van der Waals surface area contributed by atoms with Crippen LogP contribution in [-0.4, -0.2) is 43.1 Å². The second-order valence-corrected chi connectivity index (χ2v) is 12.6. The summed E-state index contributed by atoms with van der Waals surface area (Å²) in [5.41, 5.74) is 3.60. The highest BCUT2D eigenvalue weighted by Crippen LogP contribution is 2.34. The number of carbonyl (C=O) groups excluding carboxylic acids is 4. The minimum atomic E-state index is -1.52. The van der Waals surface area contributed by atoms with Crippen LogP contribution < -0.4 is 15.2 Å². The zero-order valence-corrected chi connectivity index (χ0v) is 23.9. The number of esters is 4. The molecule has 9 nitrogen and oxygen atoms in total. The maximum atomic E-state index is 12.6. The van der Waals surface area contributed by atoms with Gasteiger partial charge in [-0.3, -0.25) is 19.2 Å². The van der Waals surface area contributed by atoms with Crippen molar-refractivity contribution in [3.05, 3.63) is 23.8 Å². The van der Waals surface area contributed by atoms with E-state index in [0.717, 1.165) is 0 Å². The van der Waals surface area contributed by atoms with E-state index in [2.05, 4.69) is 0 Å². The third-order valence-electron chi connectivity index (χ3n) is 5.24. The van der Waals surface area contributed by atoms with Crippen molar-refractivity contribution >= 4 is 23.9 Å². The van der Waals surface area contributed by atoms with Crippen molar-refractivity contribution in [3.8, 4) is 11.5 Å². The third kappa shape index (κ3) is 10.5. The summed E-state index contributed by atoms with van der Waals surface area (Å²) in [6, 6.07) is 4.62. The van der Waals surface area contributed by atoms with Crippen LogP contribution in [0.3, 0.4) is 0 Å². The van der Waals surface area contributed by atoms with Gasteiger partial charge < -0.3 is 24.7 Å². The molecule has 37 heavy (non-hydrogen) atoms. The van der Waals surface area contributed by atoms with E-state index in [1.807, 2.05) is 20.8 Å². The third-order valence-corrected chi connectivity index (χ3v) is 5.24. The Hall–Kier alpha value is -2.94. The number of carbonyl (C=O) groups is 4. The highest BCUT2D eigenvalue weighted by atomic mass is 16.6. The number of ether oxygens (including phenoxy) is 4. The molecular formula is C28H43NO8. The molecule has 1 rings (SSSR count). The quantitative estimate of drug-likeness (QED) is 0.371. The lowest BCUT2D eigenvalue weighted by atomic mass is 9.88. The van der Waals surface area contributed by atoms with Gasteiger partial charge in [-0.15, -0.1) is 0 Å². The van der Waals surface area contributed by atoms with Crippen LogP contribution >= 0.6 is 0 Å². The zero-order chi connectivity index (χ0) is 28.8. The van der Waals surface area contributed by atoms with Gasteiger partial charge in [-0.1, -0.05) is 26.8 Å². The highest BCUT2D eigenvalue weighted by molar-refractivity contribution is 5.82. The van der Waals surface area contributed by atoms with E-state index >= 15 is 0 Å². The standard InChI is InChI=1S/C28H43NO8/c1-25(2,3)17-21(30)35-14-13-28(29,24(33)34-10)16-18-11-12-19(36-22(31)26(4,5)6)20(15-18)37-23(32)27(7,8)9/h11-12,15H,13-14,16-17,29H2,1-10H3/t28-/m1/s1. The Morgan fingerprint density at radius 1 is 0.784 bits per heavy atom. The smallest absolute Gasteiger partial charge is 0.326 e. The van der Waals surface area contributed by atoms with Crippen LogP contribution in [0.15, 0.2) is 18.2 Å². The molecule has 0 heterocycles. The molecule has 0 radical (unpaired) electrons. The molecule has 0 saturated heterocycles. The molecule has 0 amide bonds. The van der Waals surface area contributed by atoms with Crippen LogP contribution in [-0.2, 0) is 35.1 Å². The molecule has 2 N–H and O–H groups in total. The van der Waals surface area contributed by atoms with Gasteiger partial charge in [0.05, 0.1) is 31.0 Å². The summed E-state index contributed by atoms with van der Waals surface area (Å²) in [5, 5.41) is 0. The summed E-state index contributed by atoms with van der Waals surface area (Å²) < 4.78 is 21.3. The van der Waals surface area contributed by atoms with Gasteiger partial charge in [0.1, 0.15) is 5.54 Å². The molecule has 0 aliphatic carbocycles. The lowest BCUT2D eigenvalue weighted by Crippen LogP contribution is -2.51. The van der Waals surface area contributed by atoms with Crippen molar-refractivity contribution in [2.75, 3.05) is 13.7 Å². The Labute approximate surface area is 220 Å². The van der Waals surface area contributed by atoms with Gasteiger partial charge in [0.2, 0.25) is 0 Å². The van der Waals surface area contributed by atoms with Crippen LogP contribution in [0.2, 0.25) is 0 Å². The molecule has 0 aliphatic heterocycles. The van der Waals surface area contributed by atoms with Gasteiger partial charge in [0.25, 0.3) is 0 Å². The van der Waals surface area contributed by atoms with E-state index in [9.17, 15) is 19.2 Å². The van der Waals surface area contributed by atoms with E-state index in [1.54, 1.807) is 47.6 Å². The molecular weight excluding hydrogens is 478 g/mol.